The summed E-state index contributed by atoms with van der Waals surface area (Å²) < 4.78 is 5.24. The number of nitrogens with one attached hydrogen (secondary N) is 2. The number of ether oxygens (including phenoxy) is 1. The number of carbonyl (C=O) groups is 1. The normalized spacial score (nSPS) is 18.3. The van der Waals surface area contributed by atoms with Gasteiger partial charge in [-0.05, 0) is 48.4 Å². The molecule has 1 fully saturated rings. The number of rotatable bonds is 4. The van der Waals surface area contributed by atoms with E-state index in [0.717, 1.165) is 41.6 Å². The zero-order chi connectivity index (χ0) is 15.5. The van der Waals surface area contributed by atoms with E-state index in [-0.39, 0.29) is 30.3 Å². The summed E-state index contributed by atoms with van der Waals surface area (Å²) in [4.78, 5) is 12.4. The molecule has 1 aliphatic rings. The van der Waals surface area contributed by atoms with Crippen molar-refractivity contribution in [1.82, 2.24) is 10.6 Å². The van der Waals surface area contributed by atoms with Crippen LogP contribution in [0.15, 0.2) is 36.4 Å². The van der Waals surface area contributed by atoms with Crippen LogP contribution in [0, 0.1) is 0 Å². The number of hydrogen-bond donors (Lipinski definition) is 2. The Kier molecular flexibility index (Phi) is 5.85. The monoisotopic (exact) mass is 334 g/mol. The van der Waals surface area contributed by atoms with Gasteiger partial charge in [-0.2, -0.15) is 0 Å². The van der Waals surface area contributed by atoms with Crippen LogP contribution < -0.4 is 15.4 Å². The Morgan fingerprint density at radius 1 is 1.26 bits per heavy atom. The van der Waals surface area contributed by atoms with Crippen molar-refractivity contribution in [1.29, 1.82) is 0 Å². The van der Waals surface area contributed by atoms with Crippen LogP contribution in [0.5, 0.6) is 5.75 Å². The molecule has 2 aromatic rings. The number of amides is 1. The van der Waals surface area contributed by atoms with Crippen LogP contribution in [0.4, 0.5) is 0 Å². The molecule has 0 bridgehead atoms. The second kappa shape index (κ2) is 7.66. The average molecular weight is 335 g/mol. The summed E-state index contributed by atoms with van der Waals surface area (Å²) in [6.45, 7) is 3.81. The number of methoxy groups -OCH3 is 1. The molecular formula is C18H23ClN2O2. The second-order valence-corrected chi connectivity index (χ2v) is 5.89. The van der Waals surface area contributed by atoms with E-state index in [1.165, 1.54) is 0 Å². The third-order valence-electron chi connectivity index (χ3n) is 4.37. The highest BCUT2D eigenvalue weighted by Gasteiger charge is 2.21. The highest BCUT2D eigenvalue weighted by Crippen LogP contribution is 2.25. The third-order valence-corrected chi connectivity index (χ3v) is 4.37. The molecule has 1 heterocycles. The molecular weight excluding hydrogens is 312 g/mol. The summed E-state index contributed by atoms with van der Waals surface area (Å²) in [6, 6.07) is 12.4. The van der Waals surface area contributed by atoms with Gasteiger partial charge >= 0.3 is 0 Å². The first-order chi connectivity index (χ1) is 10.7. The summed E-state index contributed by atoms with van der Waals surface area (Å²) >= 11 is 0. The van der Waals surface area contributed by atoms with Gasteiger partial charge in [-0.1, -0.05) is 24.3 Å². The molecule has 2 aromatic carbocycles. The van der Waals surface area contributed by atoms with E-state index in [1.807, 2.05) is 37.3 Å². The van der Waals surface area contributed by atoms with Crippen LogP contribution in [0.2, 0.25) is 0 Å². The van der Waals surface area contributed by atoms with Crippen LogP contribution in [0.3, 0.4) is 0 Å². The van der Waals surface area contributed by atoms with Crippen molar-refractivity contribution in [3.05, 3.63) is 42.0 Å². The molecule has 0 radical (unpaired) electrons. The van der Waals surface area contributed by atoms with E-state index >= 15 is 0 Å². The molecule has 2 unspecified atom stereocenters. The van der Waals surface area contributed by atoms with Crippen LogP contribution in [-0.2, 0) is 4.79 Å². The summed E-state index contributed by atoms with van der Waals surface area (Å²) in [5.41, 5.74) is 1.04. The molecule has 1 saturated heterocycles. The Bertz CT molecular complexity index is 684. The standard InChI is InChI=1S/C18H22N2O2.ClH/c1-12(18(21)20-16-7-8-19-11-16)13-3-4-15-10-17(22-2)6-5-14(15)9-13;/h3-6,9-10,12,16,19H,7-8,11H2,1-2H3,(H,20,21);1H. The number of benzene rings is 2. The number of fused-ring (bicyclic) bond motifs is 1. The Morgan fingerprint density at radius 2 is 2.00 bits per heavy atom. The fourth-order valence-corrected chi connectivity index (χ4v) is 2.89. The lowest BCUT2D eigenvalue weighted by atomic mass is 9.96. The molecule has 4 nitrogen and oxygen atoms in total. The van der Waals surface area contributed by atoms with Gasteiger partial charge in [-0.15, -0.1) is 12.4 Å². The number of carbonyl (C=O) groups excluding carboxylic acids is 1. The van der Waals surface area contributed by atoms with E-state index in [1.54, 1.807) is 7.11 Å². The molecule has 0 aromatic heterocycles. The largest absolute Gasteiger partial charge is 0.497 e. The zero-order valence-corrected chi connectivity index (χ0v) is 14.3. The van der Waals surface area contributed by atoms with Crippen molar-refractivity contribution >= 4 is 29.1 Å². The van der Waals surface area contributed by atoms with Crippen LogP contribution >= 0.6 is 12.4 Å². The average Bonchev–Trinajstić information content (AvgIpc) is 3.06. The lowest BCUT2D eigenvalue weighted by Gasteiger charge is -2.17. The topological polar surface area (TPSA) is 50.4 Å². The Balaban J connectivity index is 0.00000192. The molecule has 5 heteroatoms. The van der Waals surface area contributed by atoms with Gasteiger partial charge in [-0.25, -0.2) is 0 Å². The maximum Gasteiger partial charge on any atom is 0.227 e. The van der Waals surface area contributed by atoms with Gasteiger partial charge in [0.1, 0.15) is 5.75 Å². The molecule has 1 amide bonds. The maximum atomic E-state index is 12.4. The zero-order valence-electron chi connectivity index (χ0n) is 13.5. The molecule has 2 N–H and O–H groups in total. The van der Waals surface area contributed by atoms with Crippen LogP contribution in [-0.4, -0.2) is 32.1 Å². The van der Waals surface area contributed by atoms with Crippen molar-refractivity contribution in [2.24, 2.45) is 0 Å². The van der Waals surface area contributed by atoms with E-state index in [0.29, 0.717) is 0 Å². The smallest absolute Gasteiger partial charge is 0.227 e. The molecule has 0 saturated carbocycles. The minimum atomic E-state index is -0.146. The first-order valence-corrected chi connectivity index (χ1v) is 7.76. The highest BCUT2D eigenvalue weighted by atomic mass is 35.5. The Hall–Kier alpha value is -1.78. The van der Waals surface area contributed by atoms with E-state index in [2.05, 4.69) is 16.7 Å². The second-order valence-electron chi connectivity index (χ2n) is 5.89. The lowest BCUT2D eigenvalue weighted by Crippen LogP contribution is -2.38. The molecule has 0 aliphatic carbocycles. The number of hydrogen-bond acceptors (Lipinski definition) is 3. The fourth-order valence-electron chi connectivity index (χ4n) is 2.89. The highest BCUT2D eigenvalue weighted by molar-refractivity contribution is 5.88. The SMILES string of the molecule is COc1ccc2cc(C(C)C(=O)NC3CCNC3)ccc2c1.Cl. The van der Waals surface area contributed by atoms with Gasteiger partial charge < -0.3 is 15.4 Å². The van der Waals surface area contributed by atoms with Gasteiger partial charge in [-0.3, -0.25) is 4.79 Å². The quantitative estimate of drug-likeness (QED) is 0.904. The summed E-state index contributed by atoms with van der Waals surface area (Å²) in [5.74, 6) is 0.799. The minimum absolute atomic E-state index is 0. The third kappa shape index (κ3) is 3.95. The van der Waals surface area contributed by atoms with Crippen molar-refractivity contribution in [3.8, 4) is 5.75 Å². The molecule has 1 aliphatic heterocycles. The first-order valence-electron chi connectivity index (χ1n) is 7.76. The molecule has 23 heavy (non-hydrogen) atoms. The summed E-state index contributed by atoms with van der Waals surface area (Å²) in [7, 11) is 1.67. The van der Waals surface area contributed by atoms with E-state index < -0.39 is 0 Å². The summed E-state index contributed by atoms with van der Waals surface area (Å²) in [6.07, 6.45) is 1.01. The van der Waals surface area contributed by atoms with Crippen molar-refractivity contribution < 1.29 is 9.53 Å². The van der Waals surface area contributed by atoms with Gasteiger partial charge in [0.2, 0.25) is 5.91 Å². The Morgan fingerprint density at radius 3 is 2.70 bits per heavy atom. The lowest BCUT2D eigenvalue weighted by molar-refractivity contribution is -0.122. The van der Waals surface area contributed by atoms with Gasteiger partial charge in [0.25, 0.3) is 0 Å². The minimum Gasteiger partial charge on any atom is -0.497 e. The van der Waals surface area contributed by atoms with E-state index in [9.17, 15) is 4.79 Å². The predicted molar refractivity (Wildman–Crippen MR) is 95.6 cm³/mol. The molecule has 0 spiro atoms. The van der Waals surface area contributed by atoms with Crippen molar-refractivity contribution in [3.63, 3.8) is 0 Å². The molecule has 3 rings (SSSR count). The Labute approximate surface area is 143 Å². The molecule has 124 valence electrons. The fraction of sp³-hybridized carbons (Fsp3) is 0.389. The van der Waals surface area contributed by atoms with Crippen LogP contribution in [0.1, 0.15) is 24.8 Å². The van der Waals surface area contributed by atoms with Crippen molar-refractivity contribution in [2.45, 2.75) is 25.3 Å². The molecule has 2 atom stereocenters. The van der Waals surface area contributed by atoms with Gasteiger partial charge in [0.15, 0.2) is 0 Å². The van der Waals surface area contributed by atoms with E-state index in [4.69, 9.17) is 4.74 Å². The first kappa shape index (κ1) is 17.6. The van der Waals surface area contributed by atoms with Crippen molar-refractivity contribution in [2.75, 3.05) is 20.2 Å². The summed E-state index contributed by atoms with van der Waals surface area (Å²) in [5, 5.41) is 8.63. The van der Waals surface area contributed by atoms with Crippen LogP contribution in [0.25, 0.3) is 10.8 Å². The predicted octanol–water partition coefficient (Wildman–Crippen LogP) is 2.85. The number of halogens is 1. The maximum absolute atomic E-state index is 12.4. The van der Waals surface area contributed by atoms with Gasteiger partial charge in [0.05, 0.1) is 13.0 Å². The van der Waals surface area contributed by atoms with Gasteiger partial charge in [0, 0.05) is 12.6 Å².